The third kappa shape index (κ3) is 1.95. The molecule has 0 spiro atoms. The number of hydrogen-bond donors (Lipinski definition) is 2. The minimum atomic E-state index is 0.0199. The highest BCUT2D eigenvalue weighted by atomic mass is 32.1. The van der Waals surface area contributed by atoms with Crippen LogP contribution >= 0.6 is 12.6 Å². The van der Waals surface area contributed by atoms with Gasteiger partial charge in [-0.05, 0) is 42.0 Å². The topological polar surface area (TPSA) is 29.5 Å². The van der Waals surface area contributed by atoms with E-state index in [0.29, 0.717) is 0 Å². The van der Waals surface area contributed by atoms with Gasteiger partial charge >= 0.3 is 0 Å². The predicted octanol–water partition coefficient (Wildman–Crippen LogP) is 3.54. The van der Waals surface area contributed by atoms with Crippen LogP contribution < -0.4 is 4.74 Å². The van der Waals surface area contributed by atoms with E-state index >= 15 is 0 Å². The smallest absolute Gasteiger partial charge is 0.120 e. The Balaban J connectivity index is 2.64. The lowest BCUT2D eigenvalue weighted by molar-refractivity contribution is 0.415. The molecule has 0 heterocycles. The highest BCUT2D eigenvalue weighted by Crippen LogP contribution is 2.33. The van der Waals surface area contributed by atoms with Crippen molar-refractivity contribution >= 4 is 23.4 Å². The summed E-state index contributed by atoms with van der Waals surface area (Å²) in [6.45, 7) is 1.94. The van der Waals surface area contributed by atoms with Crippen molar-refractivity contribution in [1.82, 2.24) is 0 Å². The molecule has 0 aliphatic carbocycles. The minimum Gasteiger partial charge on any atom is -0.508 e. The van der Waals surface area contributed by atoms with Gasteiger partial charge < -0.3 is 9.84 Å². The number of hydrogen-bond acceptors (Lipinski definition) is 3. The second-order valence-corrected chi connectivity index (χ2v) is 4.57. The number of ether oxygens (including phenoxy) is 1. The SMILES string of the molecule is COc1ccc2cc(C(C)S)c(O)cc2c1. The maximum Gasteiger partial charge on any atom is 0.120 e. The van der Waals surface area contributed by atoms with E-state index in [1.54, 1.807) is 13.2 Å². The average Bonchev–Trinajstić information content (AvgIpc) is 2.27. The number of benzene rings is 2. The minimum absolute atomic E-state index is 0.0199. The fraction of sp³-hybridized carbons (Fsp3) is 0.231. The lowest BCUT2D eigenvalue weighted by atomic mass is 10.0. The molecule has 2 aromatic carbocycles. The fourth-order valence-electron chi connectivity index (χ4n) is 1.74. The quantitative estimate of drug-likeness (QED) is 0.778. The Bertz CT molecular complexity index is 521. The second kappa shape index (κ2) is 4.26. The zero-order valence-electron chi connectivity index (χ0n) is 9.27. The number of phenolic OH excluding ortho intramolecular Hbond substituents is 1. The van der Waals surface area contributed by atoms with Gasteiger partial charge in [0.05, 0.1) is 7.11 Å². The van der Waals surface area contributed by atoms with Crippen LogP contribution in [0.4, 0.5) is 0 Å². The van der Waals surface area contributed by atoms with Crippen molar-refractivity contribution in [2.24, 2.45) is 0 Å². The zero-order valence-corrected chi connectivity index (χ0v) is 10.2. The van der Waals surface area contributed by atoms with Crippen molar-refractivity contribution in [3.63, 3.8) is 0 Å². The van der Waals surface area contributed by atoms with Crippen molar-refractivity contribution in [1.29, 1.82) is 0 Å². The molecule has 2 nitrogen and oxygen atoms in total. The number of phenols is 1. The molecule has 0 aromatic heterocycles. The Morgan fingerprint density at radius 1 is 1.19 bits per heavy atom. The molecule has 0 saturated heterocycles. The standard InChI is InChI=1S/C13H14O2S/c1-8(16)12-6-9-3-4-11(15-2)5-10(9)7-13(12)14/h3-8,14,16H,1-2H3. The number of thiol groups is 1. The van der Waals surface area contributed by atoms with Crippen LogP contribution in [0.5, 0.6) is 11.5 Å². The van der Waals surface area contributed by atoms with Gasteiger partial charge in [-0.2, -0.15) is 12.6 Å². The molecule has 0 bridgehead atoms. The molecule has 1 unspecified atom stereocenters. The summed E-state index contributed by atoms with van der Waals surface area (Å²) in [6, 6.07) is 9.50. The van der Waals surface area contributed by atoms with Gasteiger partial charge in [0.2, 0.25) is 0 Å². The van der Waals surface area contributed by atoms with Crippen LogP contribution in [0.3, 0.4) is 0 Å². The zero-order chi connectivity index (χ0) is 11.7. The van der Waals surface area contributed by atoms with Crippen LogP contribution in [0, 0.1) is 0 Å². The van der Waals surface area contributed by atoms with E-state index in [-0.39, 0.29) is 11.0 Å². The van der Waals surface area contributed by atoms with Gasteiger partial charge in [0.15, 0.2) is 0 Å². The molecule has 2 aromatic rings. The average molecular weight is 234 g/mol. The maximum absolute atomic E-state index is 9.85. The largest absolute Gasteiger partial charge is 0.508 e. The van der Waals surface area contributed by atoms with E-state index in [2.05, 4.69) is 12.6 Å². The molecule has 16 heavy (non-hydrogen) atoms. The Labute approximate surface area is 100 Å². The first-order chi connectivity index (χ1) is 7.61. The lowest BCUT2D eigenvalue weighted by Gasteiger charge is -2.10. The van der Waals surface area contributed by atoms with Crippen LogP contribution in [-0.2, 0) is 0 Å². The number of rotatable bonds is 2. The molecule has 0 aliphatic heterocycles. The molecular weight excluding hydrogens is 220 g/mol. The molecule has 1 N–H and O–H groups in total. The van der Waals surface area contributed by atoms with Crippen LogP contribution in [-0.4, -0.2) is 12.2 Å². The van der Waals surface area contributed by atoms with E-state index < -0.39 is 0 Å². The lowest BCUT2D eigenvalue weighted by Crippen LogP contribution is -1.87. The Kier molecular flexibility index (Phi) is 2.97. The van der Waals surface area contributed by atoms with Crippen molar-refractivity contribution in [3.8, 4) is 11.5 Å². The number of methoxy groups -OCH3 is 1. The molecule has 0 radical (unpaired) electrons. The van der Waals surface area contributed by atoms with Crippen LogP contribution in [0.2, 0.25) is 0 Å². The molecule has 0 aliphatic rings. The summed E-state index contributed by atoms with van der Waals surface area (Å²) in [7, 11) is 1.63. The van der Waals surface area contributed by atoms with Crippen molar-refractivity contribution in [3.05, 3.63) is 35.9 Å². The molecule has 0 saturated carbocycles. The Hall–Kier alpha value is -1.35. The van der Waals surface area contributed by atoms with Crippen molar-refractivity contribution in [2.75, 3.05) is 7.11 Å². The molecule has 3 heteroatoms. The maximum atomic E-state index is 9.85. The van der Waals surface area contributed by atoms with Gasteiger partial charge in [0.1, 0.15) is 11.5 Å². The molecule has 0 amide bonds. The normalized spacial score (nSPS) is 12.7. The first-order valence-corrected chi connectivity index (χ1v) is 5.62. The van der Waals surface area contributed by atoms with E-state index in [9.17, 15) is 5.11 Å². The molecule has 84 valence electrons. The number of aromatic hydroxyl groups is 1. The molecule has 1 atom stereocenters. The van der Waals surface area contributed by atoms with Gasteiger partial charge in [0.25, 0.3) is 0 Å². The third-order valence-corrected chi connectivity index (χ3v) is 2.92. The van der Waals surface area contributed by atoms with Gasteiger partial charge in [-0.3, -0.25) is 0 Å². The van der Waals surface area contributed by atoms with Gasteiger partial charge in [-0.1, -0.05) is 6.07 Å². The van der Waals surface area contributed by atoms with Gasteiger partial charge in [0, 0.05) is 10.8 Å². The van der Waals surface area contributed by atoms with E-state index in [4.69, 9.17) is 4.74 Å². The van der Waals surface area contributed by atoms with Crippen LogP contribution in [0.15, 0.2) is 30.3 Å². The number of fused-ring (bicyclic) bond motifs is 1. The summed E-state index contributed by atoms with van der Waals surface area (Å²) < 4.78 is 5.14. The summed E-state index contributed by atoms with van der Waals surface area (Å²) >= 11 is 4.34. The Morgan fingerprint density at radius 2 is 1.94 bits per heavy atom. The summed E-state index contributed by atoms with van der Waals surface area (Å²) in [5.74, 6) is 1.07. The molecule has 2 rings (SSSR count). The third-order valence-electron chi connectivity index (χ3n) is 2.64. The summed E-state index contributed by atoms with van der Waals surface area (Å²) in [4.78, 5) is 0. The van der Waals surface area contributed by atoms with E-state index in [1.807, 2.05) is 31.2 Å². The van der Waals surface area contributed by atoms with Gasteiger partial charge in [-0.15, -0.1) is 0 Å². The van der Waals surface area contributed by atoms with Crippen LogP contribution in [0.1, 0.15) is 17.7 Å². The van der Waals surface area contributed by atoms with Crippen LogP contribution in [0.25, 0.3) is 10.8 Å². The Morgan fingerprint density at radius 3 is 2.56 bits per heavy atom. The van der Waals surface area contributed by atoms with E-state index in [0.717, 1.165) is 22.1 Å². The molecule has 0 fully saturated rings. The summed E-state index contributed by atoms with van der Waals surface area (Å²) in [5.41, 5.74) is 0.848. The monoisotopic (exact) mass is 234 g/mol. The van der Waals surface area contributed by atoms with E-state index in [1.165, 1.54) is 0 Å². The highest BCUT2D eigenvalue weighted by Gasteiger charge is 2.08. The second-order valence-electron chi connectivity index (χ2n) is 3.80. The molecular formula is C13H14O2S. The highest BCUT2D eigenvalue weighted by molar-refractivity contribution is 7.80. The predicted molar refractivity (Wildman–Crippen MR) is 69.6 cm³/mol. The summed E-state index contributed by atoms with van der Waals surface area (Å²) in [6.07, 6.45) is 0. The van der Waals surface area contributed by atoms with Gasteiger partial charge in [-0.25, -0.2) is 0 Å². The first kappa shape index (κ1) is 11.1. The summed E-state index contributed by atoms with van der Waals surface area (Å²) in [5, 5.41) is 11.9. The van der Waals surface area contributed by atoms with Crippen molar-refractivity contribution < 1.29 is 9.84 Å². The van der Waals surface area contributed by atoms with Crippen molar-refractivity contribution in [2.45, 2.75) is 12.2 Å². The first-order valence-electron chi connectivity index (χ1n) is 5.10. The fourth-order valence-corrected chi connectivity index (χ4v) is 1.95.